The Bertz CT molecular complexity index is 447. The van der Waals surface area contributed by atoms with E-state index in [9.17, 15) is 0 Å². The minimum atomic E-state index is -1.20. The number of allylic oxidation sites excluding steroid dienone is 4. The summed E-state index contributed by atoms with van der Waals surface area (Å²) in [7, 11) is -1.20. The number of hydrogen-bond donors (Lipinski definition) is 0. The molecule has 0 bridgehead atoms. The van der Waals surface area contributed by atoms with Gasteiger partial charge in [-0.3, -0.25) is 0 Å². The van der Waals surface area contributed by atoms with Gasteiger partial charge < -0.3 is 37.2 Å². The molecule has 0 aromatic carbocycles. The molecule has 0 saturated heterocycles. The van der Waals surface area contributed by atoms with Crippen LogP contribution in [0.2, 0.25) is 24.2 Å². The molecule has 0 saturated carbocycles. The minimum Gasteiger partial charge on any atom is -1.00 e. The summed E-state index contributed by atoms with van der Waals surface area (Å²) in [5, 5.41) is 0.503. The molecule has 0 aromatic rings. The van der Waals surface area contributed by atoms with Crippen molar-refractivity contribution in [3.8, 4) is 0 Å². The Balaban J connectivity index is 0. The zero-order valence-electron chi connectivity index (χ0n) is 14.7. The SMILES string of the molecule is CC1C(C[Si](C)(C)C(C)(C)C)=[C]([Ti+3])C2=C1CCCC2.[Cl-].[Cl-].[Cl-]. The van der Waals surface area contributed by atoms with Crippen LogP contribution in [0.1, 0.15) is 53.4 Å². The largest absolute Gasteiger partial charge is 1.00 e. The van der Waals surface area contributed by atoms with Crippen molar-refractivity contribution >= 4 is 8.07 Å². The summed E-state index contributed by atoms with van der Waals surface area (Å²) in [5.74, 6) is 0.754. The number of rotatable bonds is 2. The second-order valence-corrected chi connectivity index (χ2v) is 14.5. The van der Waals surface area contributed by atoms with Crippen LogP contribution in [0.25, 0.3) is 0 Å². The average molecular weight is 416 g/mol. The van der Waals surface area contributed by atoms with E-state index in [4.69, 9.17) is 0 Å². The van der Waals surface area contributed by atoms with Crippen molar-refractivity contribution in [2.45, 2.75) is 77.6 Å². The normalized spacial score (nSPS) is 21.7. The molecule has 2 aliphatic rings. The number of hydrogen-bond acceptors (Lipinski definition) is 0. The molecule has 5 heteroatoms. The van der Waals surface area contributed by atoms with Crippen molar-refractivity contribution in [1.29, 1.82) is 0 Å². The zero-order chi connectivity index (χ0) is 14.4. The molecule has 0 spiro atoms. The van der Waals surface area contributed by atoms with Crippen molar-refractivity contribution in [3.05, 3.63) is 20.6 Å². The van der Waals surface area contributed by atoms with Crippen LogP contribution in [-0.4, -0.2) is 8.07 Å². The summed E-state index contributed by atoms with van der Waals surface area (Å²) >= 11 is 2.41. The molecule has 0 aromatic heterocycles. The van der Waals surface area contributed by atoms with Gasteiger partial charge in [0.25, 0.3) is 0 Å². The summed E-state index contributed by atoms with van der Waals surface area (Å²) in [5.41, 5.74) is 5.36. The van der Waals surface area contributed by atoms with E-state index in [1.54, 1.807) is 20.6 Å². The maximum absolute atomic E-state index is 2.58. The predicted octanol–water partition coefficient (Wildman–Crippen LogP) is -3.17. The molecule has 0 radical (unpaired) electrons. The predicted molar refractivity (Wildman–Crippen MR) is 83.7 cm³/mol. The topological polar surface area (TPSA) is 0 Å². The zero-order valence-corrected chi connectivity index (χ0v) is 19.6. The molecular weight excluding hydrogens is 386 g/mol. The fourth-order valence-corrected chi connectivity index (χ4v) is 6.46. The maximum atomic E-state index is 2.58. The first-order valence-corrected chi connectivity index (χ1v) is 11.8. The Labute approximate surface area is 169 Å². The fraction of sp³-hybridized carbons (Fsp3) is 0.765. The Morgan fingerprint density at radius 1 is 1.05 bits per heavy atom. The van der Waals surface area contributed by atoms with Gasteiger partial charge in [0.2, 0.25) is 0 Å². The fourth-order valence-electron chi connectivity index (χ4n) is 3.30. The standard InChI is InChI=1S/C17H29Si.3ClH.Ti/c1-13-15(12-18(5,6)17(2,3)4)11-14-9-7-8-10-16(13)14;;;;/h13H,7-10,12H2,1-6H3;3*1H;/q;;;;+3/p-3. The van der Waals surface area contributed by atoms with Crippen molar-refractivity contribution < 1.29 is 57.7 Å². The summed E-state index contributed by atoms with van der Waals surface area (Å²) in [4.78, 5) is 0. The van der Waals surface area contributed by atoms with Crippen LogP contribution in [0.15, 0.2) is 20.6 Å². The summed E-state index contributed by atoms with van der Waals surface area (Å²) < 4.78 is 1.69. The Morgan fingerprint density at radius 2 is 1.55 bits per heavy atom. The second kappa shape index (κ2) is 9.11. The Kier molecular flexibility index (Phi) is 10.6. The van der Waals surface area contributed by atoms with E-state index >= 15 is 0 Å². The Hall–Kier alpha value is 1.28. The summed E-state index contributed by atoms with van der Waals surface area (Å²) in [6, 6.07) is 1.40. The van der Waals surface area contributed by atoms with Crippen LogP contribution in [0.3, 0.4) is 0 Å². The molecule has 0 aliphatic heterocycles. The van der Waals surface area contributed by atoms with E-state index in [2.05, 4.69) is 61.2 Å². The van der Waals surface area contributed by atoms with Crippen LogP contribution < -0.4 is 37.2 Å². The van der Waals surface area contributed by atoms with E-state index < -0.39 is 8.07 Å². The molecule has 22 heavy (non-hydrogen) atoms. The summed E-state index contributed by atoms with van der Waals surface area (Å²) in [6.45, 7) is 15.0. The third-order valence-electron chi connectivity index (χ3n) is 5.84. The minimum absolute atomic E-state index is 0. The molecule has 0 fully saturated rings. The quantitative estimate of drug-likeness (QED) is 0.418. The van der Waals surface area contributed by atoms with Crippen LogP contribution in [0.4, 0.5) is 0 Å². The first-order valence-electron chi connectivity index (χ1n) is 7.82. The van der Waals surface area contributed by atoms with Gasteiger partial charge in [0.15, 0.2) is 0 Å². The van der Waals surface area contributed by atoms with Gasteiger partial charge in [-0.05, 0) is 0 Å². The van der Waals surface area contributed by atoms with E-state index in [1.807, 2.05) is 0 Å². The van der Waals surface area contributed by atoms with Gasteiger partial charge in [0.05, 0.1) is 0 Å². The van der Waals surface area contributed by atoms with Crippen molar-refractivity contribution in [2.75, 3.05) is 0 Å². The molecule has 0 N–H and O–H groups in total. The summed E-state index contributed by atoms with van der Waals surface area (Å²) in [6.07, 6.45) is 5.56. The van der Waals surface area contributed by atoms with E-state index in [0.717, 1.165) is 5.92 Å². The molecule has 2 rings (SSSR count). The molecule has 0 amide bonds. The van der Waals surface area contributed by atoms with Crippen LogP contribution in [0, 0.1) is 5.92 Å². The first kappa shape index (κ1) is 25.5. The van der Waals surface area contributed by atoms with Crippen LogP contribution in [-0.2, 0) is 20.4 Å². The number of halogens is 3. The second-order valence-electron chi connectivity index (χ2n) is 8.14. The van der Waals surface area contributed by atoms with Crippen molar-refractivity contribution in [1.82, 2.24) is 0 Å². The first-order chi connectivity index (χ1) is 8.65. The molecule has 126 valence electrons. The molecule has 2 aliphatic carbocycles. The van der Waals surface area contributed by atoms with Gasteiger partial charge >= 0.3 is 133 Å². The molecule has 0 heterocycles. The molecule has 1 atom stereocenters. The van der Waals surface area contributed by atoms with Gasteiger partial charge in [-0.25, -0.2) is 0 Å². The maximum Gasteiger partial charge on any atom is -1.00 e. The third-order valence-corrected chi connectivity index (χ3v) is 12.1. The van der Waals surface area contributed by atoms with Gasteiger partial charge in [-0.1, -0.05) is 0 Å². The third kappa shape index (κ3) is 4.90. The van der Waals surface area contributed by atoms with Gasteiger partial charge in [0, 0.05) is 0 Å². The average Bonchev–Trinajstić information content (AvgIpc) is 2.54. The molecule has 0 nitrogen and oxygen atoms in total. The van der Waals surface area contributed by atoms with E-state index in [0.29, 0.717) is 5.04 Å². The Morgan fingerprint density at radius 3 is 2.00 bits per heavy atom. The molecular formula is C17H29Cl3SiTi. The van der Waals surface area contributed by atoms with Gasteiger partial charge in [0.1, 0.15) is 0 Å². The monoisotopic (exact) mass is 414 g/mol. The van der Waals surface area contributed by atoms with E-state index in [1.165, 1.54) is 31.7 Å². The van der Waals surface area contributed by atoms with Crippen LogP contribution in [0.5, 0.6) is 0 Å². The smallest absolute Gasteiger partial charge is 1.00 e. The van der Waals surface area contributed by atoms with Crippen molar-refractivity contribution in [3.63, 3.8) is 0 Å². The van der Waals surface area contributed by atoms with E-state index in [-0.39, 0.29) is 37.2 Å². The molecule has 1 unspecified atom stereocenters. The van der Waals surface area contributed by atoms with Gasteiger partial charge in [-0.2, -0.15) is 0 Å². The van der Waals surface area contributed by atoms with Gasteiger partial charge in [-0.15, -0.1) is 0 Å². The van der Waals surface area contributed by atoms with Crippen LogP contribution >= 0.6 is 0 Å². The van der Waals surface area contributed by atoms with Crippen molar-refractivity contribution in [2.24, 2.45) is 5.92 Å².